The van der Waals surface area contributed by atoms with Crippen molar-refractivity contribution in [3.8, 4) is 5.75 Å². The molecule has 230 valence electrons. The Labute approximate surface area is 275 Å². The van der Waals surface area contributed by atoms with Crippen molar-refractivity contribution in [3.63, 3.8) is 0 Å². The molecule has 7 unspecified atom stereocenters. The Morgan fingerprint density at radius 1 is 1.14 bits per heavy atom. The topological polar surface area (TPSA) is 117 Å². The second-order valence-electron chi connectivity index (χ2n) is 12.6. The van der Waals surface area contributed by atoms with Crippen LogP contribution in [0.5, 0.6) is 5.75 Å². The molecule has 8 atom stereocenters. The molecule has 3 fully saturated rings. The molecular formula is C32H30BrClN2O6S2. The molecule has 2 amide bonds. The number of H-pyrrole nitrogens is 1. The first-order valence-corrected chi connectivity index (χ1v) is 17.6. The van der Waals surface area contributed by atoms with Crippen molar-refractivity contribution in [2.45, 2.75) is 55.5 Å². The molecule has 3 aromatic rings. The number of carboxylic acids is 1. The number of nitrogens with zero attached hydrogens (tertiary/aromatic N) is 1. The number of thioether (sulfide) groups is 1. The summed E-state index contributed by atoms with van der Waals surface area (Å²) < 4.78 is 7.27. The summed E-state index contributed by atoms with van der Waals surface area (Å²) in [6.45, 7) is 4.08. The molecule has 2 bridgehead atoms. The highest BCUT2D eigenvalue weighted by Gasteiger charge is 2.70. The molecule has 2 aliphatic heterocycles. The molecule has 8 nitrogen and oxygen atoms in total. The van der Waals surface area contributed by atoms with Gasteiger partial charge in [-0.1, -0.05) is 64.8 Å². The third kappa shape index (κ3) is 4.85. The molecule has 1 aromatic heterocycles. The summed E-state index contributed by atoms with van der Waals surface area (Å²) in [6, 6.07) is 12.2. The number of benzene rings is 2. The van der Waals surface area contributed by atoms with E-state index in [1.165, 1.54) is 11.3 Å². The van der Waals surface area contributed by atoms with E-state index in [-0.39, 0.29) is 57.9 Å². The van der Waals surface area contributed by atoms with Crippen LogP contribution >= 0.6 is 50.6 Å². The average molecular weight is 718 g/mol. The Morgan fingerprint density at radius 2 is 1.89 bits per heavy atom. The molecule has 1 saturated heterocycles. The molecule has 3 heterocycles. The number of rotatable bonds is 8. The predicted molar refractivity (Wildman–Crippen MR) is 171 cm³/mol. The van der Waals surface area contributed by atoms with Crippen molar-refractivity contribution in [2.75, 3.05) is 0 Å². The van der Waals surface area contributed by atoms with Gasteiger partial charge in [-0.2, -0.15) is 0 Å². The second-order valence-corrected chi connectivity index (χ2v) is 16.1. The first-order valence-electron chi connectivity index (χ1n) is 14.7. The number of ether oxygens (including phenoxy) is 1. The highest BCUT2D eigenvalue weighted by Crippen LogP contribution is 2.69. The van der Waals surface area contributed by atoms with Crippen LogP contribution in [0.2, 0.25) is 5.02 Å². The summed E-state index contributed by atoms with van der Waals surface area (Å²) in [5.41, 5.74) is 1.83. The summed E-state index contributed by atoms with van der Waals surface area (Å²) in [6.07, 6.45) is 0.934. The van der Waals surface area contributed by atoms with Gasteiger partial charge in [-0.25, -0.2) is 4.79 Å². The number of aromatic amines is 1. The van der Waals surface area contributed by atoms with Crippen LogP contribution in [0.4, 0.5) is 0 Å². The maximum Gasteiger partial charge on any atom is 0.326 e. The zero-order valence-corrected chi connectivity index (χ0v) is 27.8. The first kappa shape index (κ1) is 30.1. The Balaban J connectivity index is 1.29. The monoisotopic (exact) mass is 716 g/mol. The minimum Gasteiger partial charge on any atom is -0.489 e. The standard InChI is InChI=1S/C32H30BrClN2O6S2/c1-13(2)8-20(31(39)40)36-29(37)24-18-11-19(25(24)30(36)38)26-23(18)22(27-28(43-26)35-32(41)44-27)17-10-15(33)6-7-21(17)42-12-14-4-3-5-16(34)9-14/h3-7,9-10,13,18-20,22-26H,8,11-12H2,1-2H3,(H,35,41)(H,39,40)/t18?,19?,20?,22-,23?,24?,25?,26?/m1/s1. The number of aromatic nitrogens is 1. The SMILES string of the molecule is CC(C)CC(C(=O)O)N1C(=O)C2C3CC(C2C1=O)C1C3Sc2[nH]c(=O)sc2[C@@H]1c1cc(Br)ccc1OCc1cccc(Cl)c1. The zero-order valence-electron chi connectivity index (χ0n) is 23.9. The number of carboxylic acid groups (broad SMARTS) is 1. The summed E-state index contributed by atoms with van der Waals surface area (Å²) in [4.78, 5) is 57.8. The molecule has 44 heavy (non-hydrogen) atoms. The normalized spacial score (nSPS) is 29.1. The maximum absolute atomic E-state index is 14.0. The van der Waals surface area contributed by atoms with Gasteiger partial charge in [0.05, 0.1) is 16.9 Å². The summed E-state index contributed by atoms with van der Waals surface area (Å²) >= 11 is 12.6. The molecule has 2 aromatic carbocycles. The van der Waals surface area contributed by atoms with E-state index in [1.807, 2.05) is 56.3 Å². The lowest BCUT2D eigenvalue weighted by molar-refractivity contribution is -0.156. The molecule has 4 aliphatic rings. The number of thiazole rings is 1. The number of hydrogen-bond donors (Lipinski definition) is 2. The smallest absolute Gasteiger partial charge is 0.326 e. The lowest BCUT2D eigenvalue weighted by Crippen LogP contribution is -2.47. The van der Waals surface area contributed by atoms with E-state index in [0.29, 0.717) is 23.8 Å². The second kappa shape index (κ2) is 11.3. The van der Waals surface area contributed by atoms with Crippen LogP contribution < -0.4 is 9.61 Å². The number of likely N-dealkylation sites (tertiary alicyclic amines) is 1. The minimum atomic E-state index is -1.17. The minimum absolute atomic E-state index is 0.00560. The van der Waals surface area contributed by atoms with E-state index in [0.717, 1.165) is 30.4 Å². The molecule has 7 rings (SSSR count). The maximum atomic E-state index is 14.0. The van der Waals surface area contributed by atoms with Crippen molar-refractivity contribution >= 4 is 68.4 Å². The van der Waals surface area contributed by atoms with Crippen molar-refractivity contribution in [2.24, 2.45) is 35.5 Å². The quantitative estimate of drug-likeness (QED) is 0.259. The Bertz CT molecular complexity index is 1740. The number of halogens is 2. The van der Waals surface area contributed by atoms with Crippen LogP contribution in [-0.4, -0.2) is 44.1 Å². The summed E-state index contributed by atoms with van der Waals surface area (Å²) in [7, 11) is 0. The van der Waals surface area contributed by atoms with Crippen LogP contribution in [0.15, 0.2) is 56.8 Å². The number of hydrogen-bond acceptors (Lipinski definition) is 7. The average Bonchev–Trinajstić information content (AvgIpc) is 3.70. The third-order valence-electron chi connectivity index (χ3n) is 9.64. The van der Waals surface area contributed by atoms with E-state index in [1.54, 1.807) is 11.8 Å². The molecule has 12 heteroatoms. The highest BCUT2D eigenvalue weighted by molar-refractivity contribution is 9.10. The number of carbonyl (C=O) groups is 3. The largest absolute Gasteiger partial charge is 0.489 e. The van der Waals surface area contributed by atoms with Gasteiger partial charge >= 0.3 is 10.8 Å². The van der Waals surface area contributed by atoms with Gasteiger partial charge in [0, 0.05) is 31.1 Å². The number of nitrogens with one attached hydrogen (secondary N) is 1. The number of imide groups is 1. The zero-order chi connectivity index (χ0) is 31.0. The lowest BCUT2D eigenvalue weighted by atomic mass is 9.68. The molecule has 2 aliphatic carbocycles. The van der Waals surface area contributed by atoms with Crippen LogP contribution in [0.1, 0.15) is 48.6 Å². The van der Waals surface area contributed by atoms with E-state index < -0.39 is 23.8 Å². The predicted octanol–water partition coefficient (Wildman–Crippen LogP) is 6.40. The highest BCUT2D eigenvalue weighted by atomic mass is 79.9. The molecular weight excluding hydrogens is 688 g/mol. The Kier molecular flexibility index (Phi) is 7.74. The van der Waals surface area contributed by atoms with Gasteiger partial charge in [0.1, 0.15) is 18.4 Å². The first-order chi connectivity index (χ1) is 21.0. The molecule has 2 N–H and O–H groups in total. The number of aliphatic carboxylic acids is 1. The van der Waals surface area contributed by atoms with E-state index >= 15 is 0 Å². The fourth-order valence-electron chi connectivity index (χ4n) is 8.14. The summed E-state index contributed by atoms with van der Waals surface area (Å²) in [5, 5.41) is 11.4. The Hall–Kier alpha value is -2.60. The fourth-order valence-corrected chi connectivity index (χ4v) is 11.6. The van der Waals surface area contributed by atoms with E-state index in [9.17, 15) is 24.3 Å². The van der Waals surface area contributed by atoms with Crippen molar-refractivity contribution < 1.29 is 24.2 Å². The number of amides is 2. The van der Waals surface area contributed by atoms with Gasteiger partial charge in [-0.15, -0.1) is 11.8 Å². The van der Waals surface area contributed by atoms with E-state index in [2.05, 4.69) is 20.9 Å². The lowest BCUT2D eigenvalue weighted by Gasteiger charge is -2.43. The van der Waals surface area contributed by atoms with Gasteiger partial charge in [0.25, 0.3) is 0 Å². The number of fused-ring (bicyclic) bond motifs is 9. The van der Waals surface area contributed by atoms with Crippen molar-refractivity contribution in [3.05, 3.63) is 77.6 Å². The van der Waals surface area contributed by atoms with Crippen LogP contribution in [0.25, 0.3) is 0 Å². The van der Waals surface area contributed by atoms with Gasteiger partial charge in [-0.05, 0) is 72.4 Å². The summed E-state index contributed by atoms with van der Waals surface area (Å²) in [5.74, 6) is -2.80. The van der Waals surface area contributed by atoms with Crippen molar-refractivity contribution in [1.29, 1.82) is 0 Å². The number of carbonyl (C=O) groups excluding carboxylic acids is 2. The van der Waals surface area contributed by atoms with Gasteiger partial charge < -0.3 is 14.8 Å². The fraction of sp³-hybridized carbons (Fsp3) is 0.438. The van der Waals surface area contributed by atoms with Gasteiger partial charge in [-0.3, -0.25) is 19.3 Å². The van der Waals surface area contributed by atoms with Crippen LogP contribution in [0.3, 0.4) is 0 Å². The third-order valence-corrected chi connectivity index (χ3v) is 13.0. The van der Waals surface area contributed by atoms with E-state index in [4.69, 9.17) is 16.3 Å². The van der Waals surface area contributed by atoms with Crippen LogP contribution in [-0.2, 0) is 21.0 Å². The molecule has 0 spiro atoms. The molecule has 0 radical (unpaired) electrons. The van der Waals surface area contributed by atoms with Gasteiger partial charge in [0.2, 0.25) is 11.8 Å². The molecule has 2 saturated carbocycles. The Morgan fingerprint density at radius 3 is 2.59 bits per heavy atom. The van der Waals surface area contributed by atoms with Gasteiger partial charge in [0.15, 0.2) is 0 Å². The van der Waals surface area contributed by atoms with Crippen molar-refractivity contribution in [1.82, 2.24) is 9.88 Å². The van der Waals surface area contributed by atoms with Crippen LogP contribution in [0, 0.1) is 35.5 Å².